The minimum absolute atomic E-state index is 0.0314. The highest BCUT2D eigenvalue weighted by molar-refractivity contribution is 5.57. The number of nitrogens with zero attached hydrogens (tertiary/aromatic N) is 4. The van der Waals surface area contributed by atoms with Crippen LogP contribution < -0.4 is 15.5 Å². The second-order valence-electron chi connectivity index (χ2n) is 4.63. The molecule has 0 aliphatic rings. The topological polar surface area (TPSA) is 66.0 Å². The molecular weight excluding hydrogens is 278 g/mol. The van der Waals surface area contributed by atoms with E-state index in [9.17, 15) is 8.78 Å². The molecule has 0 aliphatic heterocycles. The van der Waals surface area contributed by atoms with Gasteiger partial charge in [0.2, 0.25) is 17.8 Å². The lowest BCUT2D eigenvalue weighted by Gasteiger charge is -2.13. The molecule has 0 fully saturated rings. The van der Waals surface area contributed by atoms with Crippen LogP contribution in [0.15, 0.2) is 12.1 Å². The molecule has 0 bridgehead atoms. The zero-order valence-corrected chi connectivity index (χ0v) is 12.2. The van der Waals surface area contributed by atoms with Gasteiger partial charge in [-0.25, -0.2) is 8.78 Å². The third-order valence-corrected chi connectivity index (χ3v) is 2.74. The van der Waals surface area contributed by atoms with Crippen molar-refractivity contribution in [1.29, 1.82) is 0 Å². The van der Waals surface area contributed by atoms with Crippen LogP contribution in [-0.2, 0) is 0 Å². The fourth-order valence-corrected chi connectivity index (χ4v) is 1.59. The lowest BCUT2D eigenvalue weighted by atomic mass is 10.2. The quantitative estimate of drug-likeness (QED) is 0.902. The summed E-state index contributed by atoms with van der Waals surface area (Å²) in [7, 11) is 5.19. The highest BCUT2D eigenvalue weighted by atomic mass is 19.1. The summed E-state index contributed by atoms with van der Waals surface area (Å²) < 4.78 is 27.4. The van der Waals surface area contributed by atoms with Gasteiger partial charge in [0, 0.05) is 27.2 Å². The molecule has 0 atom stereocenters. The third kappa shape index (κ3) is 3.33. The molecule has 112 valence electrons. The third-order valence-electron chi connectivity index (χ3n) is 2.74. The van der Waals surface area contributed by atoms with E-state index < -0.39 is 11.6 Å². The average molecular weight is 294 g/mol. The average Bonchev–Trinajstić information content (AvgIpc) is 2.44. The van der Waals surface area contributed by atoms with Crippen molar-refractivity contribution in [2.75, 3.05) is 36.7 Å². The highest BCUT2D eigenvalue weighted by Crippen LogP contribution is 2.22. The Balaban J connectivity index is 2.39. The molecular formula is C13H16F2N6. The van der Waals surface area contributed by atoms with Crippen LogP contribution >= 0.6 is 0 Å². The van der Waals surface area contributed by atoms with E-state index in [0.29, 0.717) is 11.9 Å². The van der Waals surface area contributed by atoms with Crippen molar-refractivity contribution in [2.24, 2.45) is 0 Å². The molecule has 8 heteroatoms. The number of benzene rings is 1. The van der Waals surface area contributed by atoms with Gasteiger partial charge in [0.1, 0.15) is 11.6 Å². The first-order valence-electron chi connectivity index (χ1n) is 6.24. The molecule has 1 heterocycles. The van der Waals surface area contributed by atoms with E-state index in [2.05, 4.69) is 25.6 Å². The Morgan fingerprint density at radius 2 is 1.67 bits per heavy atom. The van der Waals surface area contributed by atoms with Crippen molar-refractivity contribution >= 4 is 23.5 Å². The first-order chi connectivity index (χ1) is 9.90. The number of anilines is 4. The van der Waals surface area contributed by atoms with Crippen molar-refractivity contribution in [1.82, 2.24) is 15.0 Å². The van der Waals surface area contributed by atoms with Gasteiger partial charge in [-0.15, -0.1) is 0 Å². The van der Waals surface area contributed by atoms with Crippen molar-refractivity contribution in [3.8, 4) is 0 Å². The summed E-state index contributed by atoms with van der Waals surface area (Å²) in [5.41, 5.74) is 0.203. The molecule has 0 unspecified atom stereocenters. The number of halogens is 2. The molecule has 0 spiro atoms. The molecule has 0 amide bonds. The molecule has 0 aliphatic carbocycles. The van der Waals surface area contributed by atoms with Crippen LogP contribution in [0.2, 0.25) is 0 Å². The Hall–Kier alpha value is -2.51. The first-order valence-corrected chi connectivity index (χ1v) is 6.24. The summed E-state index contributed by atoms with van der Waals surface area (Å²) in [6, 6.07) is 2.19. The molecule has 0 saturated heterocycles. The zero-order valence-electron chi connectivity index (χ0n) is 12.2. The van der Waals surface area contributed by atoms with E-state index in [0.717, 1.165) is 12.1 Å². The number of hydrogen-bond donors (Lipinski definition) is 2. The number of aryl methyl sites for hydroxylation is 1. The predicted molar refractivity (Wildman–Crippen MR) is 78.1 cm³/mol. The van der Waals surface area contributed by atoms with E-state index in [4.69, 9.17) is 0 Å². The monoisotopic (exact) mass is 294 g/mol. The maximum absolute atomic E-state index is 13.8. The molecule has 21 heavy (non-hydrogen) atoms. The van der Waals surface area contributed by atoms with Crippen LogP contribution in [0.4, 0.5) is 32.3 Å². The van der Waals surface area contributed by atoms with Gasteiger partial charge < -0.3 is 15.5 Å². The van der Waals surface area contributed by atoms with E-state index in [1.807, 2.05) is 0 Å². The van der Waals surface area contributed by atoms with Crippen molar-refractivity contribution in [3.05, 3.63) is 29.3 Å². The maximum Gasteiger partial charge on any atom is 0.233 e. The van der Waals surface area contributed by atoms with E-state index in [1.165, 1.54) is 6.92 Å². The molecule has 0 radical (unpaired) electrons. The summed E-state index contributed by atoms with van der Waals surface area (Å²) in [6.45, 7) is 1.49. The number of rotatable bonds is 4. The van der Waals surface area contributed by atoms with Gasteiger partial charge in [0.05, 0.1) is 5.69 Å². The summed E-state index contributed by atoms with van der Waals surface area (Å²) in [6.07, 6.45) is 0. The van der Waals surface area contributed by atoms with Crippen LogP contribution in [0.25, 0.3) is 0 Å². The number of hydrogen-bond acceptors (Lipinski definition) is 6. The van der Waals surface area contributed by atoms with Gasteiger partial charge in [0.25, 0.3) is 0 Å². The minimum atomic E-state index is -0.577. The normalized spacial score (nSPS) is 10.4. The lowest BCUT2D eigenvalue weighted by molar-refractivity contribution is 0.595. The maximum atomic E-state index is 13.8. The largest absolute Gasteiger partial charge is 0.357 e. The highest BCUT2D eigenvalue weighted by Gasteiger charge is 2.11. The summed E-state index contributed by atoms with van der Waals surface area (Å²) in [5.74, 6) is -0.240. The smallest absolute Gasteiger partial charge is 0.233 e. The van der Waals surface area contributed by atoms with Gasteiger partial charge in [-0.3, -0.25) is 0 Å². The van der Waals surface area contributed by atoms with Gasteiger partial charge in [-0.05, 0) is 18.6 Å². The lowest BCUT2D eigenvalue weighted by Crippen LogP contribution is -2.16. The molecule has 1 aromatic heterocycles. The summed E-state index contributed by atoms with van der Waals surface area (Å²) in [5, 5.41) is 5.45. The van der Waals surface area contributed by atoms with E-state index in [1.54, 1.807) is 26.0 Å². The van der Waals surface area contributed by atoms with Crippen LogP contribution in [0.3, 0.4) is 0 Å². The van der Waals surface area contributed by atoms with Crippen LogP contribution in [0.5, 0.6) is 0 Å². The Morgan fingerprint density at radius 3 is 2.29 bits per heavy atom. The van der Waals surface area contributed by atoms with Crippen molar-refractivity contribution < 1.29 is 8.78 Å². The Labute approximate surface area is 121 Å². The fourth-order valence-electron chi connectivity index (χ4n) is 1.59. The van der Waals surface area contributed by atoms with Crippen LogP contribution in [0.1, 0.15) is 5.56 Å². The van der Waals surface area contributed by atoms with Crippen molar-refractivity contribution in [3.63, 3.8) is 0 Å². The first kappa shape index (κ1) is 14.9. The van der Waals surface area contributed by atoms with Gasteiger partial charge >= 0.3 is 0 Å². The van der Waals surface area contributed by atoms with E-state index in [-0.39, 0.29) is 17.2 Å². The van der Waals surface area contributed by atoms with Crippen LogP contribution in [-0.4, -0.2) is 36.1 Å². The van der Waals surface area contributed by atoms with Crippen molar-refractivity contribution in [2.45, 2.75) is 6.92 Å². The summed E-state index contributed by atoms with van der Waals surface area (Å²) in [4.78, 5) is 14.0. The minimum Gasteiger partial charge on any atom is -0.357 e. The van der Waals surface area contributed by atoms with E-state index >= 15 is 0 Å². The molecule has 6 nitrogen and oxygen atoms in total. The predicted octanol–water partition coefficient (Wildman–Crippen LogP) is 2.31. The molecule has 0 saturated carbocycles. The number of aromatic nitrogens is 3. The van der Waals surface area contributed by atoms with Gasteiger partial charge in [0.15, 0.2) is 0 Å². The van der Waals surface area contributed by atoms with Gasteiger partial charge in [-0.1, -0.05) is 0 Å². The molecule has 2 N–H and O–H groups in total. The van der Waals surface area contributed by atoms with Gasteiger partial charge in [-0.2, -0.15) is 15.0 Å². The second kappa shape index (κ2) is 5.86. The molecule has 2 aromatic rings. The standard InChI is InChI=1S/C13H16F2N6/c1-7-5-9(15)10(6-8(7)14)17-12-18-11(16-2)19-13(20-12)21(3)4/h5-6H,1-4H3,(H2,16,17,18,19,20). The second-order valence-corrected chi connectivity index (χ2v) is 4.63. The Morgan fingerprint density at radius 1 is 1.00 bits per heavy atom. The molecule has 1 aromatic carbocycles. The number of nitrogens with one attached hydrogen (secondary N) is 2. The SMILES string of the molecule is CNc1nc(Nc2cc(F)c(C)cc2F)nc(N(C)C)n1. The Kier molecular flexibility index (Phi) is 4.15. The molecule has 2 rings (SSSR count). The zero-order chi connectivity index (χ0) is 15.6. The summed E-state index contributed by atoms with van der Waals surface area (Å²) >= 11 is 0. The fraction of sp³-hybridized carbons (Fsp3) is 0.308. The van der Waals surface area contributed by atoms with Crippen LogP contribution in [0, 0.1) is 18.6 Å². The Bertz CT molecular complexity index is 659.